The molecule has 2 unspecified atom stereocenters. The minimum atomic E-state index is -4.96. The van der Waals surface area contributed by atoms with Crippen molar-refractivity contribution in [2.45, 2.75) is 426 Å². The molecule has 0 radical (unpaired) electrons. The lowest BCUT2D eigenvalue weighted by Gasteiger charge is -2.21. The van der Waals surface area contributed by atoms with Gasteiger partial charge in [0.1, 0.15) is 19.3 Å². The Labute approximate surface area is 600 Å². The van der Waals surface area contributed by atoms with Crippen molar-refractivity contribution in [2.75, 3.05) is 39.6 Å². The number of phosphoric ester groups is 2. The van der Waals surface area contributed by atoms with Gasteiger partial charge >= 0.3 is 39.5 Å². The molecule has 5 atom stereocenters. The van der Waals surface area contributed by atoms with Crippen LogP contribution in [0.3, 0.4) is 0 Å². The highest BCUT2D eigenvalue weighted by molar-refractivity contribution is 7.47. The largest absolute Gasteiger partial charge is 0.472 e. The van der Waals surface area contributed by atoms with Crippen LogP contribution in [0, 0.1) is 17.8 Å². The quantitative estimate of drug-likeness (QED) is 0.0222. The molecule has 0 aliphatic heterocycles. The number of carbonyl (C=O) groups excluding carboxylic acids is 4. The van der Waals surface area contributed by atoms with Crippen LogP contribution in [0.2, 0.25) is 0 Å². The van der Waals surface area contributed by atoms with Crippen LogP contribution in [-0.2, 0) is 65.4 Å². The number of carbonyl (C=O) groups is 4. The average molecular weight is 1440 g/mol. The fraction of sp³-hybridized carbons (Fsp3) is 0.949. The summed E-state index contributed by atoms with van der Waals surface area (Å²) in [6.07, 6.45) is 56.8. The Hall–Kier alpha value is -1.94. The van der Waals surface area contributed by atoms with Crippen LogP contribution in [-0.4, -0.2) is 96.7 Å². The molecule has 0 aliphatic rings. The highest BCUT2D eigenvalue weighted by Gasteiger charge is 2.30. The second-order valence-electron chi connectivity index (χ2n) is 29.9. The topological polar surface area (TPSA) is 237 Å². The summed E-state index contributed by atoms with van der Waals surface area (Å²) < 4.78 is 68.7. The first-order chi connectivity index (χ1) is 47.2. The van der Waals surface area contributed by atoms with Crippen LogP contribution < -0.4 is 0 Å². The van der Waals surface area contributed by atoms with Crippen molar-refractivity contribution >= 4 is 39.5 Å². The van der Waals surface area contributed by atoms with Gasteiger partial charge in [0.15, 0.2) is 12.2 Å². The van der Waals surface area contributed by atoms with E-state index in [4.69, 9.17) is 37.0 Å². The molecule has 19 heteroatoms. The van der Waals surface area contributed by atoms with E-state index < -0.39 is 97.5 Å². The maximum atomic E-state index is 13.1. The highest BCUT2D eigenvalue weighted by Crippen LogP contribution is 2.45. The van der Waals surface area contributed by atoms with Gasteiger partial charge in [-0.2, -0.15) is 0 Å². The maximum absolute atomic E-state index is 13.1. The normalized spacial score (nSPS) is 14.0. The first-order valence-corrected chi connectivity index (χ1v) is 43.8. The summed E-state index contributed by atoms with van der Waals surface area (Å²) in [7, 11) is -9.92. The number of hydrogen-bond donors (Lipinski definition) is 3. The molecule has 17 nitrogen and oxygen atoms in total. The number of aliphatic hydroxyl groups is 1. The second-order valence-corrected chi connectivity index (χ2v) is 32.8. The number of rotatable bonds is 77. The zero-order valence-corrected chi connectivity index (χ0v) is 66.0. The molecule has 0 aromatic carbocycles. The number of hydrogen-bond acceptors (Lipinski definition) is 15. The monoisotopic (exact) mass is 1440 g/mol. The van der Waals surface area contributed by atoms with Crippen molar-refractivity contribution in [3.8, 4) is 0 Å². The van der Waals surface area contributed by atoms with Crippen LogP contribution in [0.15, 0.2) is 0 Å². The molecule has 0 saturated carbocycles. The van der Waals surface area contributed by atoms with Crippen molar-refractivity contribution < 1.29 is 80.2 Å². The van der Waals surface area contributed by atoms with Gasteiger partial charge in [0, 0.05) is 25.7 Å². The van der Waals surface area contributed by atoms with Gasteiger partial charge in [0.25, 0.3) is 0 Å². The predicted molar refractivity (Wildman–Crippen MR) is 400 cm³/mol. The summed E-state index contributed by atoms with van der Waals surface area (Å²) in [6, 6.07) is 0. The molecule has 582 valence electrons. The Bertz CT molecular complexity index is 1900. The summed E-state index contributed by atoms with van der Waals surface area (Å²) in [6.45, 7) is 11.9. The van der Waals surface area contributed by atoms with E-state index >= 15 is 0 Å². The van der Waals surface area contributed by atoms with E-state index in [2.05, 4.69) is 48.5 Å². The Morgan fingerprint density at radius 3 is 0.694 bits per heavy atom. The first kappa shape index (κ1) is 96.1. The third-order valence-corrected chi connectivity index (χ3v) is 20.3. The molecular weight excluding hydrogens is 1280 g/mol. The molecule has 0 aromatic rings. The minimum Gasteiger partial charge on any atom is -0.462 e. The van der Waals surface area contributed by atoms with Gasteiger partial charge in [-0.3, -0.25) is 37.3 Å². The van der Waals surface area contributed by atoms with E-state index in [-0.39, 0.29) is 25.7 Å². The smallest absolute Gasteiger partial charge is 0.462 e. The summed E-state index contributed by atoms with van der Waals surface area (Å²) in [5.74, 6) is 0.164. The van der Waals surface area contributed by atoms with Crippen molar-refractivity contribution in [1.82, 2.24) is 0 Å². The lowest BCUT2D eigenvalue weighted by Crippen LogP contribution is -2.30. The summed E-state index contributed by atoms with van der Waals surface area (Å²) >= 11 is 0. The fourth-order valence-corrected chi connectivity index (χ4v) is 13.7. The first-order valence-electron chi connectivity index (χ1n) is 40.8. The van der Waals surface area contributed by atoms with Gasteiger partial charge in [-0.25, -0.2) is 9.13 Å². The van der Waals surface area contributed by atoms with Crippen molar-refractivity contribution in [3.63, 3.8) is 0 Å². The van der Waals surface area contributed by atoms with Crippen LogP contribution in [0.5, 0.6) is 0 Å². The third kappa shape index (κ3) is 72.4. The highest BCUT2D eigenvalue weighted by atomic mass is 31.2. The number of ether oxygens (including phenoxy) is 4. The number of esters is 4. The Balaban J connectivity index is 5.26. The molecule has 0 rings (SSSR count). The van der Waals surface area contributed by atoms with E-state index in [1.807, 2.05) is 0 Å². The Morgan fingerprint density at radius 1 is 0.276 bits per heavy atom. The Kier molecular flexibility index (Phi) is 68.1. The SMILES string of the molecule is CCCCCCCCCCCCCCCCCCCCC(=O)O[C@H](COC(=O)CCCCCCCCCCCCCCC(C)C)COP(=O)(O)OC[C@@H](O)COP(=O)(O)OC[C@@H](COC(=O)CCCCCCCCCCCC(C)C)OC(=O)CCCCCCCCCCCCC(C)C. The van der Waals surface area contributed by atoms with Crippen LogP contribution >= 0.6 is 15.6 Å². The summed E-state index contributed by atoms with van der Waals surface area (Å²) in [5.41, 5.74) is 0. The summed E-state index contributed by atoms with van der Waals surface area (Å²) in [4.78, 5) is 73.0. The molecular formula is C79H154O17P2. The van der Waals surface area contributed by atoms with Gasteiger partial charge < -0.3 is 33.8 Å². The summed E-state index contributed by atoms with van der Waals surface area (Å²) in [5, 5.41) is 10.6. The average Bonchev–Trinajstić information content (AvgIpc) is 1.05. The number of phosphoric acid groups is 2. The standard InChI is InChI=1S/C79H154O17P2/c1-8-9-10-11-12-13-14-15-16-17-18-19-20-25-33-41-48-55-62-78(83)95-74(66-89-76(81)60-53-46-39-32-24-22-21-23-29-36-43-50-57-70(2)3)68-93-97(85,86)91-64-73(80)65-92-98(87,88)94-69-75(67-90-77(82)61-54-47-40-35-28-31-38-45-52-59-72(6)7)96-79(84)63-56-49-42-34-27-26-30-37-44-51-58-71(4)5/h70-75,80H,8-69H2,1-7H3,(H,85,86)(H,87,88)/t73-,74-,75-/m1/s1. The molecule has 0 amide bonds. The molecule has 0 saturated heterocycles. The van der Waals surface area contributed by atoms with Gasteiger partial charge in [-0.15, -0.1) is 0 Å². The lowest BCUT2D eigenvalue weighted by molar-refractivity contribution is -0.161. The van der Waals surface area contributed by atoms with Gasteiger partial charge in [-0.1, -0.05) is 357 Å². The molecule has 0 spiro atoms. The van der Waals surface area contributed by atoms with E-state index in [0.29, 0.717) is 25.7 Å². The van der Waals surface area contributed by atoms with Gasteiger partial charge in [-0.05, 0) is 43.4 Å². The lowest BCUT2D eigenvalue weighted by atomic mass is 10.0. The van der Waals surface area contributed by atoms with Gasteiger partial charge in [0.2, 0.25) is 0 Å². The van der Waals surface area contributed by atoms with Crippen molar-refractivity contribution in [1.29, 1.82) is 0 Å². The van der Waals surface area contributed by atoms with Crippen molar-refractivity contribution in [2.24, 2.45) is 17.8 Å². The molecule has 0 fully saturated rings. The maximum Gasteiger partial charge on any atom is 0.472 e. The number of aliphatic hydroxyl groups excluding tert-OH is 1. The second kappa shape index (κ2) is 69.4. The number of unbranched alkanes of at least 4 members (excludes halogenated alkanes) is 45. The fourth-order valence-electron chi connectivity index (χ4n) is 12.1. The zero-order chi connectivity index (χ0) is 72.3. The molecule has 0 bridgehead atoms. The zero-order valence-electron chi connectivity index (χ0n) is 64.3. The predicted octanol–water partition coefficient (Wildman–Crippen LogP) is 23.4. The van der Waals surface area contributed by atoms with Crippen molar-refractivity contribution in [3.05, 3.63) is 0 Å². The molecule has 3 N–H and O–H groups in total. The van der Waals surface area contributed by atoms with Crippen LogP contribution in [0.1, 0.15) is 408 Å². The van der Waals surface area contributed by atoms with Crippen LogP contribution in [0.25, 0.3) is 0 Å². The van der Waals surface area contributed by atoms with E-state index in [9.17, 15) is 43.2 Å². The molecule has 98 heavy (non-hydrogen) atoms. The van der Waals surface area contributed by atoms with E-state index in [1.165, 1.54) is 218 Å². The molecule has 0 heterocycles. The molecule has 0 aromatic heterocycles. The third-order valence-electron chi connectivity index (χ3n) is 18.4. The van der Waals surface area contributed by atoms with Crippen LogP contribution in [0.4, 0.5) is 0 Å². The Morgan fingerprint density at radius 2 is 0.469 bits per heavy atom. The minimum absolute atomic E-state index is 0.106. The van der Waals surface area contributed by atoms with E-state index in [0.717, 1.165) is 108 Å². The van der Waals surface area contributed by atoms with Gasteiger partial charge in [0.05, 0.1) is 26.4 Å². The molecule has 0 aliphatic carbocycles. The van der Waals surface area contributed by atoms with E-state index in [1.54, 1.807) is 0 Å².